The first-order valence-corrected chi connectivity index (χ1v) is 15.3. The van der Waals surface area contributed by atoms with Crippen LogP contribution >= 0.6 is 11.6 Å². The average Bonchev–Trinajstić information content (AvgIpc) is 3.67. The molecule has 1 aliphatic carbocycles. The third-order valence-electron chi connectivity index (χ3n) is 9.78. The maximum absolute atomic E-state index is 16.7. The van der Waals surface area contributed by atoms with Crippen LogP contribution in [0.4, 0.5) is 14.6 Å². The summed E-state index contributed by atoms with van der Waals surface area (Å²) in [5, 5.41) is 14.6. The summed E-state index contributed by atoms with van der Waals surface area (Å²) < 4.78 is 43.9. The van der Waals surface area contributed by atoms with E-state index in [1.165, 1.54) is 12.1 Å². The molecule has 2 aromatic heterocycles. The van der Waals surface area contributed by atoms with Gasteiger partial charge in [-0.15, -0.1) is 0 Å². The Labute approximate surface area is 247 Å². The van der Waals surface area contributed by atoms with Gasteiger partial charge in [0.2, 0.25) is 5.88 Å². The van der Waals surface area contributed by atoms with E-state index in [1.807, 2.05) is 11.9 Å². The number of pyridine rings is 1. The monoisotopic (exact) mass is 598 g/mol. The number of anilines is 1. The van der Waals surface area contributed by atoms with E-state index in [0.29, 0.717) is 41.3 Å². The van der Waals surface area contributed by atoms with Gasteiger partial charge in [0.1, 0.15) is 47.0 Å². The number of hydrogen-bond donors (Lipinski definition) is 2. The zero-order valence-electron chi connectivity index (χ0n) is 23.4. The predicted octanol–water partition coefficient (Wildman–Crippen LogP) is 4.58. The Morgan fingerprint density at radius 1 is 1.24 bits per heavy atom. The normalized spacial score (nSPS) is 28.9. The Hall–Kier alpha value is -3.02. The third-order valence-corrected chi connectivity index (χ3v) is 10.1. The van der Waals surface area contributed by atoms with Gasteiger partial charge in [-0.2, -0.15) is 9.97 Å². The average molecular weight is 599 g/mol. The lowest BCUT2D eigenvalue weighted by Gasteiger charge is -2.36. The Morgan fingerprint density at radius 2 is 2.10 bits per heavy atom. The molecule has 3 saturated heterocycles. The molecule has 2 unspecified atom stereocenters. The quantitative estimate of drug-likeness (QED) is 0.437. The summed E-state index contributed by atoms with van der Waals surface area (Å²) in [4.78, 5) is 18.3. The molecule has 12 heteroatoms. The second kappa shape index (κ2) is 9.75. The predicted molar refractivity (Wildman–Crippen MR) is 154 cm³/mol. The summed E-state index contributed by atoms with van der Waals surface area (Å²) in [6, 6.07) is 2.96. The SMILES string of the molecule is CN1c2nc(OC[C@@]34CCCN3C[C@H](F)C4)nc3c(F)c(-c4cc(O)cc(Cl)c4C4CC4)nc(c23)OC2CCNCC21. The summed E-state index contributed by atoms with van der Waals surface area (Å²) in [7, 11) is 1.92. The van der Waals surface area contributed by atoms with Crippen LogP contribution in [0.15, 0.2) is 12.1 Å². The number of nitrogens with one attached hydrogen (secondary N) is 1. The molecule has 0 radical (unpaired) electrons. The molecule has 1 saturated carbocycles. The van der Waals surface area contributed by atoms with Gasteiger partial charge in [0.05, 0.1) is 11.6 Å². The first-order valence-electron chi connectivity index (χ1n) is 14.9. The van der Waals surface area contributed by atoms with Crippen molar-refractivity contribution in [2.75, 3.05) is 44.7 Å². The molecule has 6 heterocycles. The molecule has 42 heavy (non-hydrogen) atoms. The van der Waals surface area contributed by atoms with Crippen molar-refractivity contribution in [2.24, 2.45) is 0 Å². The molecule has 4 aliphatic heterocycles. The first-order chi connectivity index (χ1) is 20.3. The largest absolute Gasteiger partial charge is 0.508 e. The number of phenolic OH excluding ortho intramolecular Hbond substituents is 1. The third kappa shape index (κ3) is 4.18. The number of benzene rings is 1. The zero-order valence-corrected chi connectivity index (χ0v) is 24.1. The van der Waals surface area contributed by atoms with E-state index >= 15 is 4.39 Å². The minimum atomic E-state index is -0.890. The van der Waals surface area contributed by atoms with Crippen LogP contribution in [0.3, 0.4) is 0 Å². The number of aromatic nitrogens is 3. The number of nitrogens with zero attached hydrogens (tertiary/aromatic N) is 5. The van der Waals surface area contributed by atoms with Crippen molar-refractivity contribution < 1.29 is 23.4 Å². The van der Waals surface area contributed by atoms with Gasteiger partial charge in [0, 0.05) is 37.1 Å². The van der Waals surface area contributed by atoms with E-state index in [4.69, 9.17) is 31.0 Å². The van der Waals surface area contributed by atoms with Crippen molar-refractivity contribution in [3.8, 4) is 28.9 Å². The fraction of sp³-hybridized carbons (Fsp3) is 0.567. The summed E-state index contributed by atoms with van der Waals surface area (Å²) in [6.45, 7) is 2.92. The summed E-state index contributed by atoms with van der Waals surface area (Å²) >= 11 is 6.59. The van der Waals surface area contributed by atoms with E-state index in [0.717, 1.165) is 50.8 Å². The van der Waals surface area contributed by atoms with Gasteiger partial charge < -0.3 is 24.8 Å². The molecule has 1 aromatic carbocycles. The van der Waals surface area contributed by atoms with Crippen molar-refractivity contribution in [3.05, 3.63) is 28.5 Å². The van der Waals surface area contributed by atoms with Gasteiger partial charge in [-0.25, -0.2) is 13.8 Å². The molecule has 0 bridgehead atoms. The lowest BCUT2D eigenvalue weighted by Crippen LogP contribution is -2.54. The molecule has 222 valence electrons. The van der Waals surface area contributed by atoms with Gasteiger partial charge in [-0.1, -0.05) is 11.6 Å². The molecule has 8 rings (SSSR count). The zero-order chi connectivity index (χ0) is 28.7. The van der Waals surface area contributed by atoms with Crippen LogP contribution in [0.25, 0.3) is 22.2 Å². The van der Waals surface area contributed by atoms with Crippen LogP contribution in [0.2, 0.25) is 5.02 Å². The molecule has 0 amide bonds. The molecule has 9 nitrogen and oxygen atoms in total. The van der Waals surface area contributed by atoms with Crippen LogP contribution < -0.4 is 19.7 Å². The van der Waals surface area contributed by atoms with Crippen molar-refractivity contribution in [1.29, 1.82) is 0 Å². The van der Waals surface area contributed by atoms with E-state index in [9.17, 15) is 9.50 Å². The van der Waals surface area contributed by atoms with Crippen LogP contribution in [0, 0.1) is 5.82 Å². The van der Waals surface area contributed by atoms with Gasteiger partial charge in [-0.05, 0) is 68.8 Å². The highest BCUT2D eigenvalue weighted by atomic mass is 35.5. The molecule has 5 aliphatic rings. The molecule has 0 spiro atoms. The second-order valence-corrected chi connectivity index (χ2v) is 12.9. The van der Waals surface area contributed by atoms with E-state index in [2.05, 4.69) is 15.2 Å². The summed E-state index contributed by atoms with van der Waals surface area (Å²) in [5.41, 5.74) is 0.865. The number of rotatable bonds is 5. The van der Waals surface area contributed by atoms with E-state index in [1.54, 1.807) is 0 Å². The highest BCUT2D eigenvalue weighted by Crippen LogP contribution is 2.50. The Bertz CT molecular complexity index is 1590. The summed E-state index contributed by atoms with van der Waals surface area (Å²) in [5.74, 6) is 0.176. The number of aromatic hydroxyl groups is 1. The number of fused-ring (bicyclic) bond motifs is 2. The number of phenols is 1. The van der Waals surface area contributed by atoms with Gasteiger partial charge in [0.15, 0.2) is 5.82 Å². The number of alkyl halides is 1. The number of halogens is 3. The maximum Gasteiger partial charge on any atom is 0.319 e. The standard InChI is InChI=1S/C30H33ClF2N6O3/c1-38-20-12-34-7-5-21(20)42-28-23-26(24(33)25(35-28)18-9-17(40)10-19(31)22(18)15-3-4-15)36-29(37-27(23)38)41-14-30-6-2-8-39(30)13-16(32)11-30/h9-10,15-16,20-21,34,40H,2-8,11-14H2,1H3/t16-,20?,21?,30+/m1/s1. The molecule has 2 N–H and O–H groups in total. The van der Waals surface area contributed by atoms with Gasteiger partial charge >= 0.3 is 6.01 Å². The molecule has 4 atom stereocenters. The second-order valence-electron chi connectivity index (χ2n) is 12.5. The summed E-state index contributed by atoms with van der Waals surface area (Å²) in [6.07, 6.45) is 3.74. The number of piperidine rings is 1. The number of ether oxygens (including phenoxy) is 2. The van der Waals surface area contributed by atoms with Crippen molar-refractivity contribution >= 4 is 28.3 Å². The van der Waals surface area contributed by atoms with Crippen LogP contribution in [0.5, 0.6) is 17.6 Å². The number of likely N-dealkylation sites (N-methyl/N-ethyl adjacent to an activating group) is 1. The smallest absolute Gasteiger partial charge is 0.319 e. The van der Waals surface area contributed by atoms with Gasteiger partial charge in [-0.3, -0.25) is 4.90 Å². The Kier molecular flexibility index (Phi) is 6.18. The first kappa shape index (κ1) is 26.6. The molecule has 4 fully saturated rings. The Morgan fingerprint density at radius 3 is 2.93 bits per heavy atom. The van der Waals surface area contributed by atoms with E-state index in [-0.39, 0.29) is 53.5 Å². The lowest BCUT2D eigenvalue weighted by molar-refractivity contribution is 0.107. The highest BCUT2D eigenvalue weighted by Gasteiger charge is 2.49. The Balaban J connectivity index is 1.29. The molecular weight excluding hydrogens is 566 g/mol. The van der Waals surface area contributed by atoms with Gasteiger partial charge in [0.25, 0.3) is 0 Å². The van der Waals surface area contributed by atoms with Crippen molar-refractivity contribution in [3.63, 3.8) is 0 Å². The maximum atomic E-state index is 16.7. The topological polar surface area (TPSA) is 95.9 Å². The van der Waals surface area contributed by atoms with E-state index < -0.39 is 17.5 Å². The van der Waals surface area contributed by atoms with Crippen LogP contribution in [0.1, 0.15) is 50.0 Å². The fourth-order valence-corrected chi connectivity index (χ4v) is 7.93. The lowest BCUT2D eigenvalue weighted by atomic mass is 9.95. The van der Waals surface area contributed by atoms with Crippen LogP contribution in [-0.2, 0) is 0 Å². The molecule has 3 aromatic rings. The number of hydrogen-bond acceptors (Lipinski definition) is 9. The van der Waals surface area contributed by atoms with Crippen molar-refractivity contribution in [1.82, 2.24) is 25.2 Å². The minimum Gasteiger partial charge on any atom is -0.508 e. The molecular formula is C30H33ClF2N6O3. The fourth-order valence-electron chi connectivity index (χ4n) is 7.56. The van der Waals surface area contributed by atoms with Crippen LogP contribution in [-0.4, -0.2) is 88.6 Å². The van der Waals surface area contributed by atoms with Crippen molar-refractivity contribution in [2.45, 2.75) is 68.3 Å². The minimum absolute atomic E-state index is 0.0273. The highest BCUT2D eigenvalue weighted by molar-refractivity contribution is 6.32.